The van der Waals surface area contributed by atoms with Crippen LogP contribution in [0.2, 0.25) is 0 Å². The number of hydrogen-bond acceptors (Lipinski definition) is 6. The molecule has 0 aliphatic carbocycles. The molecule has 130 valence electrons. The van der Waals surface area contributed by atoms with Gasteiger partial charge in [0.15, 0.2) is 10.3 Å². The van der Waals surface area contributed by atoms with E-state index in [1.807, 2.05) is 30.5 Å². The van der Waals surface area contributed by atoms with Gasteiger partial charge < -0.3 is 4.98 Å². The van der Waals surface area contributed by atoms with Crippen molar-refractivity contribution >= 4 is 44.4 Å². The van der Waals surface area contributed by atoms with E-state index in [1.165, 1.54) is 23.1 Å². The lowest BCUT2D eigenvalue weighted by Gasteiger charge is -2.13. The molecule has 1 aromatic carbocycles. The van der Waals surface area contributed by atoms with Gasteiger partial charge in [0.25, 0.3) is 5.56 Å². The molecule has 6 nitrogen and oxygen atoms in total. The minimum atomic E-state index is -0.174. The van der Waals surface area contributed by atoms with E-state index in [1.54, 1.807) is 18.9 Å². The number of anilines is 1. The zero-order valence-corrected chi connectivity index (χ0v) is 15.8. The summed E-state index contributed by atoms with van der Waals surface area (Å²) in [5.74, 6) is -0.0770. The molecule has 3 rings (SSSR count). The number of hydrogen-bond donors (Lipinski definition) is 1. The van der Waals surface area contributed by atoms with E-state index < -0.39 is 0 Å². The fourth-order valence-electron chi connectivity index (χ4n) is 2.49. The largest absolute Gasteiger partial charge is 0.301 e. The van der Waals surface area contributed by atoms with Crippen LogP contribution in [0.15, 0.2) is 34.2 Å². The summed E-state index contributed by atoms with van der Waals surface area (Å²) in [5.41, 5.74) is 1.94. The van der Waals surface area contributed by atoms with Gasteiger partial charge in [0, 0.05) is 24.7 Å². The van der Waals surface area contributed by atoms with E-state index in [2.05, 4.69) is 15.0 Å². The Kier molecular flexibility index (Phi) is 5.19. The van der Waals surface area contributed by atoms with Gasteiger partial charge in [-0.1, -0.05) is 35.2 Å². The lowest BCUT2D eigenvalue weighted by molar-refractivity contribution is -0.118. The minimum Gasteiger partial charge on any atom is -0.301 e. The summed E-state index contributed by atoms with van der Waals surface area (Å²) in [6.07, 6.45) is 2.45. The van der Waals surface area contributed by atoms with Gasteiger partial charge in [-0.3, -0.25) is 14.5 Å². The molecule has 8 heteroatoms. The monoisotopic (exact) mass is 374 g/mol. The first-order valence-corrected chi connectivity index (χ1v) is 9.79. The molecule has 0 radical (unpaired) electrons. The Labute approximate surface area is 153 Å². The molecule has 0 spiro atoms. The maximum Gasteiger partial charge on any atom is 0.254 e. The molecule has 0 unspecified atom stereocenters. The van der Waals surface area contributed by atoms with Crippen molar-refractivity contribution in [2.24, 2.45) is 0 Å². The van der Waals surface area contributed by atoms with Crippen LogP contribution < -0.4 is 10.5 Å². The highest BCUT2D eigenvalue weighted by molar-refractivity contribution is 7.98. The van der Waals surface area contributed by atoms with Crippen molar-refractivity contribution in [3.63, 3.8) is 0 Å². The number of aromatic amines is 1. The third-order valence-electron chi connectivity index (χ3n) is 3.93. The summed E-state index contributed by atoms with van der Waals surface area (Å²) in [4.78, 5) is 37.7. The highest BCUT2D eigenvalue weighted by Crippen LogP contribution is 2.28. The van der Waals surface area contributed by atoms with Crippen LogP contribution in [0.25, 0.3) is 10.2 Å². The van der Waals surface area contributed by atoms with Gasteiger partial charge in [-0.15, -0.1) is 0 Å². The van der Waals surface area contributed by atoms with E-state index in [0.717, 1.165) is 10.2 Å². The fourth-order valence-corrected chi connectivity index (χ4v) is 3.85. The molecule has 1 amide bonds. The quantitative estimate of drug-likeness (QED) is 0.549. The number of benzene rings is 1. The normalized spacial score (nSPS) is 11.0. The number of nitrogens with zero attached hydrogens (tertiary/aromatic N) is 3. The number of aryl methyl sites for hydroxylation is 1. The van der Waals surface area contributed by atoms with Crippen LogP contribution >= 0.6 is 23.1 Å². The number of carbonyl (C=O) groups is 1. The van der Waals surface area contributed by atoms with E-state index in [-0.39, 0.29) is 17.9 Å². The Morgan fingerprint density at radius 1 is 1.32 bits per heavy atom. The van der Waals surface area contributed by atoms with Crippen LogP contribution in [0.5, 0.6) is 0 Å². The second-order valence-corrected chi connectivity index (χ2v) is 7.36. The molecule has 2 aromatic heterocycles. The maximum atomic E-state index is 12.5. The number of rotatable bonds is 5. The Balaban J connectivity index is 1.73. The van der Waals surface area contributed by atoms with Crippen molar-refractivity contribution in [3.05, 3.63) is 45.9 Å². The van der Waals surface area contributed by atoms with Crippen molar-refractivity contribution in [2.75, 3.05) is 18.2 Å². The molecule has 0 saturated carbocycles. The van der Waals surface area contributed by atoms with Gasteiger partial charge in [-0.2, -0.15) is 0 Å². The Hall–Kier alpha value is -2.19. The Morgan fingerprint density at radius 3 is 2.76 bits per heavy atom. The van der Waals surface area contributed by atoms with Crippen molar-refractivity contribution in [3.8, 4) is 0 Å². The van der Waals surface area contributed by atoms with Crippen LogP contribution in [0, 0.1) is 6.92 Å². The van der Waals surface area contributed by atoms with Crippen LogP contribution in [-0.2, 0) is 11.2 Å². The summed E-state index contributed by atoms with van der Waals surface area (Å²) in [5, 5.41) is 1.25. The third kappa shape index (κ3) is 3.74. The molecule has 0 saturated heterocycles. The SMILES string of the molecule is CSc1nc(C)c(CCC(=O)N(C)c2nc3ccccc3s2)c(=O)[nH]1. The second-order valence-electron chi connectivity index (χ2n) is 5.56. The highest BCUT2D eigenvalue weighted by atomic mass is 32.2. The van der Waals surface area contributed by atoms with Crippen LogP contribution in [-0.4, -0.2) is 34.2 Å². The number of aromatic nitrogens is 3. The van der Waals surface area contributed by atoms with Gasteiger partial charge in [0.05, 0.1) is 10.2 Å². The molecule has 25 heavy (non-hydrogen) atoms. The summed E-state index contributed by atoms with van der Waals surface area (Å²) in [6.45, 7) is 1.80. The molecular formula is C17H18N4O2S2. The number of amides is 1. The summed E-state index contributed by atoms with van der Waals surface area (Å²) in [7, 11) is 1.71. The molecule has 1 N–H and O–H groups in total. The van der Waals surface area contributed by atoms with E-state index in [0.29, 0.717) is 28.0 Å². The van der Waals surface area contributed by atoms with Crippen LogP contribution in [0.1, 0.15) is 17.7 Å². The summed E-state index contributed by atoms with van der Waals surface area (Å²) < 4.78 is 1.04. The van der Waals surface area contributed by atoms with Gasteiger partial charge in [0.1, 0.15) is 0 Å². The van der Waals surface area contributed by atoms with Gasteiger partial charge in [-0.05, 0) is 31.7 Å². The maximum absolute atomic E-state index is 12.5. The first-order chi connectivity index (χ1) is 12.0. The number of para-hydroxylation sites is 1. The lowest BCUT2D eigenvalue weighted by Crippen LogP contribution is -2.27. The first kappa shape index (κ1) is 17.6. The van der Waals surface area contributed by atoms with Gasteiger partial charge >= 0.3 is 0 Å². The predicted molar refractivity (Wildman–Crippen MR) is 103 cm³/mol. The van der Waals surface area contributed by atoms with Gasteiger partial charge in [-0.25, -0.2) is 9.97 Å². The number of carbonyl (C=O) groups excluding carboxylic acids is 1. The number of H-pyrrole nitrogens is 1. The number of thioether (sulfide) groups is 1. The topological polar surface area (TPSA) is 79.0 Å². The van der Waals surface area contributed by atoms with Crippen molar-refractivity contribution in [2.45, 2.75) is 24.9 Å². The fraction of sp³-hybridized carbons (Fsp3) is 0.294. The molecule has 0 fully saturated rings. The van der Waals surface area contributed by atoms with E-state index in [4.69, 9.17) is 0 Å². The zero-order chi connectivity index (χ0) is 18.0. The van der Waals surface area contributed by atoms with Crippen LogP contribution in [0.4, 0.5) is 5.13 Å². The van der Waals surface area contributed by atoms with Crippen LogP contribution in [0.3, 0.4) is 0 Å². The minimum absolute atomic E-state index is 0.0770. The molecular weight excluding hydrogens is 356 g/mol. The Bertz CT molecular complexity index is 947. The number of thiazole rings is 1. The van der Waals surface area contributed by atoms with Crippen molar-refractivity contribution < 1.29 is 4.79 Å². The van der Waals surface area contributed by atoms with Crippen molar-refractivity contribution in [1.82, 2.24) is 15.0 Å². The molecule has 2 heterocycles. The molecule has 0 bridgehead atoms. The highest BCUT2D eigenvalue weighted by Gasteiger charge is 2.17. The molecule has 0 aliphatic rings. The summed E-state index contributed by atoms with van der Waals surface area (Å²) in [6, 6.07) is 7.78. The number of fused-ring (bicyclic) bond motifs is 1. The average Bonchev–Trinajstić information content (AvgIpc) is 3.03. The Morgan fingerprint density at radius 2 is 2.08 bits per heavy atom. The average molecular weight is 374 g/mol. The second kappa shape index (κ2) is 7.37. The molecule has 3 aromatic rings. The zero-order valence-electron chi connectivity index (χ0n) is 14.2. The van der Waals surface area contributed by atoms with E-state index >= 15 is 0 Å². The first-order valence-electron chi connectivity index (χ1n) is 7.75. The lowest BCUT2D eigenvalue weighted by atomic mass is 10.1. The summed E-state index contributed by atoms with van der Waals surface area (Å²) >= 11 is 2.86. The van der Waals surface area contributed by atoms with Crippen molar-refractivity contribution in [1.29, 1.82) is 0 Å². The number of nitrogens with one attached hydrogen (secondary N) is 1. The standard InChI is InChI=1S/C17H18N4O2S2/c1-10-11(15(23)20-16(18-10)24-3)8-9-14(22)21(2)17-19-12-6-4-5-7-13(12)25-17/h4-7H,8-9H2,1-3H3,(H,18,20,23). The molecule has 0 atom stereocenters. The predicted octanol–water partition coefficient (Wildman–Crippen LogP) is 3.01. The third-order valence-corrected chi connectivity index (χ3v) is 5.62. The molecule has 0 aliphatic heterocycles. The van der Waals surface area contributed by atoms with E-state index in [9.17, 15) is 9.59 Å². The van der Waals surface area contributed by atoms with Gasteiger partial charge in [0.2, 0.25) is 5.91 Å². The smallest absolute Gasteiger partial charge is 0.254 e.